The summed E-state index contributed by atoms with van der Waals surface area (Å²) < 4.78 is 33.6. The molecule has 0 radical (unpaired) electrons. The van der Waals surface area contributed by atoms with E-state index in [9.17, 15) is 13.2 Å². The van der Waals surface area contributed by atoms with E-state index < -0.39 is 15.9 Å². The Morgan fingerprint density at radius 2 is 1.88 bits per heavy atom. The molecule has 1 amide bonds. The lowest BCUT2D eigenvalue weighted by molar-refractivity contribution is 0.102. The number of hydrogen-bond donors (Lipinski definition) is 1. The minimum atomic E-state index is -3.84. The van der Waals surface area contributed by atoms with E-state index in [1.165, 1.54) is 41.0 Å². The molecule has 1 aliphatic heterocycles. The number of para-hydroxylation sites is 1. The Kier molecular flexibility index (Phi) is 5.80. The highest BCUT2D eigenvalue weighted by Crippen LogP contribution is 2.34. The number of rotatable bonds is 6. The topological polar surface area (TPSA) is 88.6 Å². The summed E-state index contributed by atoms with van der Waals surface area (Å²) >= 11 is 1.53. The first-order valence-electron chi connectivity index (χ1n) is 10.6. The standard InChI is InChI=1S/C25H21N3O4S2/c1-32-23-11-10-20(34(30,31)28-14-12-17-4-2-3-5-22(17)28)16-21(23)24(29)27-19-8-6-18(7-9-19)25-26-13-15-33-25/h2-11,13,15-16H,12,14H2,1H3,(H,27,29). The quantitative estimate of drug-likeness (QED) is 0.418. The number of thiazole rings is 1. The van der Waals surface area contributed by atoms with Gasteiger partial charge in [0.1, 0.15) is 10.8 Å². The summed E-state index contributed by atoms with van der Waals surface area (Å²) in [4.78, 5) is 17.4. The van der Waals surface area contributed by atoms with E-state index in [0.29, 0.717) is 24.3 Å². The second kappa shape index (κ2) is 8.92. The number of hydrogen-bond acceptors (Lipinski definition) is 6. The SMILES string of the molecule is COc1ccc(S(=O)(=O)N2CCc3ccccc32)cc1C(=O)Nc1ccc(-c2nccs2)cc1. The third-order valence-corrected chi connectivity index (χ3v) is 8.30. The molecule has 0 saturated heterocycles. The Bertz CT molecular complexity index is 1450. The molecule has 1 aromatic heterocycles. The van der Waals surface area contributed by atoms with Crippen LogP contribution >= 0.6 is 11.3 Å². The van der Waals surface area contributed by atoms with Crippen molar-refractivity contribution in [1.82, 2.24) is 4.98 Å². The van der Waals surface area contributed by atoms with Gasteiger partial charge in [-0.25, -0.2) is 13.4 Å². The van der Waals surface area contributed by atoms with Gasteiger partial charge in [-0.3, -0.25) is 9.10 Å². The second-order valence-electron chi connectivity index (χ2n) is 7.69. The summed E-state index contributed by atoms with van der Waals surface area (Å²) in [6.07, 6.45) is 2.39. The largest absolute Gasteiger partial charge is 0.496 e. The lowest BCUT2D eigenvalue weighted by atomic mass is 10.1. The van der Waals surface area contributed by atoms with Crippen LogP contribution in [-0.2, 0) is 16.4 Å². The van der Waals surface area contributed by atoms with Crippen LogP contribution in [0.4, 0.5) is 11.4 Å². The van der Waals surface area contributed by atoms with Crippen molar-refractivity contribution in [2.75, 3.05) is 23.3 Å². The molecular formula is C25H21N3O4S2. The average Bonchev–Trinajstić information content (AvgIpc) is 3.55. The van der Waals surface area contributed by atoms with E-state index in [1.54, 1.807) is 24.4 Å². The Balaban J connectivity index is 1.42. The zero-order chi connectivity index (χ0) is 23.7. The first kappa shape index (κ1) is 22.1. The molecule has 2 heterocycles. The monoisotopic (exact) mass is 491 g/mol. The molecule has 1 N–H and O–H groups in total. The summed E-state index contributed by atoms with van der Waals surface area (Å²) in [6.45, 7) is 0.362. The molecule has 0 saturated carbocycles. The van der Waals surface area contributed by atoms with Crippen molar-refractivity contribution in [2.24, 2.45) is 0 Å². The van der Waals surface area contributed by atoms with Crippen molar-refractivity contribution in [1.29, 1.82) is 0 Å². The molecule has 3 aromatic carbocycles. The van der Waals surface area contributed by atoms with Gasteiger partial charge in [-0.15, -0.1) is 11.3 Å². The van der Waals surface area contributed by atoms with Crippen LogP contribution in [0.25, 0.3) is 10.6 Å². The van der Waals surface area contributed by atoms with Crippen LogP contribution in [0.2, 0.25) is 0 Å². The van der Waals surface area contributed by atoms with E-state index >= 15 is 0 Å². The minimum absolute atomic E-state index is 0.0364. The van der Waals surface area contributed by atoms with Crippen LogP contribution in [-0.4, -0.2) is 33.0 Å². The summed E-state index contributed by atoms with van der Waals surface area (Å²) in [5.74, 6) is -0.171. The van der Waals surface area contributed by atoms with E-state index in [4.69, 9.17) is 4.74 Å². The van der Waals surface area contributed by atoms with Crippen LogP contribution in [0.5, 0.6) is 5.75 Å². The minimum Gasteiger partial charge on any atom is -0.496 e. The number of sulfonamides is 1. The number of benzene rings is 3. The highest BCUT2D eigenvalue weighted by atomic mass is 32.2. The molecule has 9 heteroatoms. The number of amides is 1. The van der Waals surface area contributed by atoms with Gasteiger partial charge in [-0.05, 0) is 60.5 Å². The zero-order valence-corrected chi connectivity index (χ0v) is 19.9. The van der Waals surface area contributed by atoms with Crippen LogP contribution < -0.4 is 14.4 Å². The van der Waals surface area contributed by atoms with Gasteiger partial charge >= 0.3 is 0 Å². The van der Waals surface area contributed by atoms with E-state index in [1.807, 2.05) is 35.7 Å². The molecule has 5 rings (SSSR count). The summed E-state index contributed by atoms with van der Waals surface area (Å²) in [5.41, 5.74) is 3.32. The number of carbonyl (C=O) groups is 1. The van der Waals surface area contributed by atoms with Crippen LogP contribution in [0.15, 0.2) is 83.2 Å². The highest BCUT2D eigenvalue weighted by Gasteiger charge is 2.31. The number of carbonyl (C=O) groups excluding carboxylic acids is 1. The van der Waals surface area contributed by atoms with Crippen LogP contribution in [0.3, 0.4) is 0 Å². The molecule has 0 fully saturated rings. The van der Waals surface area contributed by atoms with Gasteiger partial charge in [0.2, 0.25) is 0 Å². The van der Waals surface area contributed by atoms with Gasteiger partial charge in [0, 0.05) is 29.4 Å². The molecule has 0 aliphatic carbocycles. The van der Waals surface area contributed by atoms with Crippen molar-refractivity contribution in [3.8, 4) is 16.3 Å². The summed E-state index contributed by atoms with van der Waals surface area (Å²) in [5, 5.41) is 5.62. The summed E-state index contributed by atoms with van der Waals surface area (Å²) in [7, 11) is -2.40. The van der Waals surface area contributed by atoms with Crippen molar-refractivity contribution < 1.29 is 17.9 Å². The lowest BCUT2D eigenvalue weighted by Gasteiger charge is -2.20. The van der Waals surface area contributed by atoms with Gasteiger partial charge in [0.15, 0.2) is 0 Å². The molecule has 172 valence electrons. The lowest BCUT2D eigenvalue weighted by Crippen LogP contribution is -2.29. The molecule has 4 aromatic rings. The Labute approximate surface area is 201 Å². The van der Waals surface area contributed by atoms with Gasteiger partial charge in [0.25, 0.3) is 15.9 Å². The molecule has 0 bridgehead atoms. The number of aromatic nitrogens is 1. The molecule has 0 unspecified atom stereocenters. The number of nitrogens with one attached hydrogen (secondary N) is 1. The van der Waals surface area contributed by atoms with Crippen molar-refractivity contribution in [3.05, 3.63) is 89.4 Å². The third-order valence-electron chi connectivity index (χ3n) is 5.67. The van der Waals surface area contributed by atoms with Crippen LogP contribution in [0.1, 0.15) is 15.9 Å². The number of fused-ring (bicyclic) bond motifs is 1. The number of methoxy groups -OCH3 is 1. The van der Waals surface area contributed by atoms with Gasteiger partial charge in [0.05, 0.1) is 23.3 Å². The average molecular weight is 492 g/mol. The Morgan fingerprint density at radius 1 is 1.09 bits per heavy atom. The van der Waals surface area contributed by atoms with Crippen LogP contribution in [0, 0.1) is 0 Å². The molecule has 1 aliphatic rings. The molecule has 34 heavy (non-hydrogen) atoms. The molecular weight excluding hydrogens is 470 g/mol. The van der Waals surface area contributed by atoms with Gasteiger partial charge < -0.3 is 10.1 Å². The maximum absolute atomic E-state index is 13.4. The molecule has 7 nitrogen and oxygen atoms in total. The van der Waals surface area contributed by atoms with E-state index in [0.717, 1.165) is 16.1 Å². The van der Waals surface area contributed by atoms with Crippen molar-refractivity contribution in [2.45, 2.75) is 11.3 Å². The normalized spacial score (nSPS) is 12.9. The summed E-state index contributed by atoms with van der Waals surface area (Å²) in [6, 6.07) is 19.1. The molecule has 0 atom stereocenters. The smallest absolute Gasteiger partial charge is 0.264 e. The van der Waals surface area contributed by atoms with E-state index in [2.05, 4.69) is 10.3 Å². The third kappa shape index (κ3) is 4.04. The van der Waals surface area contributed by atoms with Crippen molar-refractivity contribution >= 4 is 38.6 Å². The first-order chi connectivity index (χ1) is 16.5. The van der Waals surface area contributed by atoms with Crippen molar-refractivity contribution in [3.63, 3.8) is 0 Å². The fraction of sp³-hybridized carbons (Fsp3) is 0.120. The van der Waals surface area contributed by atoms with Gasteiger partial charge in [-0.1, -0.05) is 18.2 Å². The van der Waals surface area contributed by atoms with E-state index in [-0.39, 0.29) is 16.2 Å². The fourth-order valence-electron chi connectivity index (χ4n) is 3.97. The Morgan fingerprint density at radius 3 is 2.62 bits per heavy atom. The number of nitrogens with zero attached hydrogens (tertiary/aromatic N) is 2. The predicted molar refractivity (Wildman–Crippen MR) is 133 cm³/mol. The zero-order valence-electron chi connectivity index (χ0n) is 18.3. The second-order valence-corrected chi connectivity index (χ2v) is 10.4. The fourth-order valence-corrected chi connectivity index (χ4v) is 6.14. The predicted octanol–water partition coefficient (Wildman–Crippen LogP) is 4.82. The Hall–Kier alpha value is -3.69. The molecule has 0 spiro atoms. The maximum Gasteiger partial charge on any atom is 0.264 e. The van der Waals surface area contributed by atoms with Gasteiger partial charge in [-0.2, -0.15) is 0 Å². The maximum atomic E-state index is 13.4. The first-order valence-corrected chi connectivity index (χ1v) is 12.9. The number of anilines is 2. The number of ether oxygens (including phenoxy) is 1. The highest BCUT2D eigenvalue weighted by molar-refractivity contribution is 7.92.